The molecule has 0 aromatic heterocycles. The smallest absolute Gasteiger partial charge is 0.133 e. The van der Waals surface area contributed by atoms with Crippen LogP contribution in [0.3, 0.4) is 0 Å². The molecule has 4 heteroatoms. The molecule has 13 heavy (non-hydrogen) atoms. The number of phenols is 1. The van der Waals surface area contributed by atoms with Crippen molar-refractivity contribution in [1.29, 1.82) is 0 Å². The average Bonchev–Trinajstić information content (AvgIpc) is 2.10. The van der Waals surface area contributed by atoms with Gasteiger partial charge in [-0.1, -0.05) is 12.1 Å². The number of para-hydroxylation sites is 1. The molecular weight excluding hydrogens is 186 g/mol. The molecule has 1 atom stereocenters. The fourth-order valence-electron chi connectivity index (χ4n) is 1.12. The molecule has 0 aliphatic carbocycles. The Balaban J connectivity index is 2.93. The van der Waals surface area contributed by atoms with Crippen LogP contribution in [0.25, 0.3) is 0 Å². The van der Waals surface area contributed by atoms with Crippen LogP contribution in [0.1, 0.15) is 11.6 Å². The molecular formula is C9H13NO2S. The van der Waals surface area contributed by atoms with Crippen LogP contribution in [0.4, 0.5) is 0 Å². The summed E-state index contributed by atoms with van der Waals surface area (Å²) in [6, 6.07) is 4.96. The fraction of sp³-hybridized carbons (Fsp3) is 0.333. The maximum absolute atomic E-state index is 9.58. The van der Waals surface area contributed by atoms with Gasteiger partial charge in [-0.15, -0.1) is 12.6 Å². The average molecular weight is 199 g/mol. The lowest BCUT2D eigenvalue weighted by atomic mass is 10.1. The largest absolute Gasteiger partial charge is 0.506 e. The first-order chi connectivity index (χ1) is 6.16. The second-order valence-electron chi connectivity index (χ2n) is 2.78. The second kappa shape index (κ2) is 4.50. The van der Waals surface area contributed by atoms with Gasteiger partial charge < -0.3 is 15.6 Å². The number of rotatable bonds is 3. The SMILES string of the molecule is COCC(N)c1cccc(S)c1O. The van der Waals surface area contributed by atoms with E-state index < -0.39 is 0 Å². The standard InChI is InChI=1S/C9H13NO2S/c1-12-5-7(10)6-3-2-4-8(13)9(6)11/h2-4,7,11,13H,5,10H2,1H3. The fourth-order valence-corrected chi connectivity index (χ4v) is 1.33. The number of hydrogen-bond donors (Lipinski definition) is 3. The van der Waals surface area contributed by atoms with Crippen LogP contribution in [0, 0.1) is 0 Å². The van der Waals surface area contributed by atoms with Crippen LogP contribution in [0.15, 0.2) is 23.1 Å². The number of aromatic hydroxyl groups is 1. The number of methoxy groups -OCH3 is 1. The minimum absolute atomic E-state index is 0.135. The predicted octanol–water partition coefficient (Wildman–Crippen LogP) is 1.33. The molecule has 0 bridgehead atoms. The van der Waals surface area contributed by atoms with Gasteiger partial charge in [-0.25, -0.2) is 0 Å². The zero-order valence-electron chi connectivity index (χ0n) is 7.40. The summed E-state index contributed by atoms with van der Waals surface area (Å²) in [6.07, 6.45) is 0. The molecule has 0 radical (unpaired) electrons. The first kappa shape index (κ1) is 10.4. The molecule has 0 saturated heterocycles. The summed E-state index contributed by atoms with van der Waals surface area (Å²) in [7, 11) is 1.57. The zero-order valence-corrected chi connectivity index (χ0v) is 8.29. The van der Waals surface area contributed by atoms with Crippen molar-refractivity contribution >= 4 is 12.6 Å². The number of ether oxygens (including phenoxy) is 1. The summed E-state index contributed by atoms with van der Waals surface area (Å²) < 4.78 is 4.89. The summed E-state index contributed by atoms with van der Waals surface area (Å²) in [6.45, 7) is 0.380. The normalized spacial score (nSPS) is 12.8. The van der Waals surface area contributed by atoms with E-state index in [4.69, 9.17) is 10.5 Å². The van der Waals surface area contributed by atoms with Crippen molar-refractivity contribution in [3.63, 3.8) is 0 Å². The number of phenolic OH excluding ortho intramolecular Hbond substituents is 1. The summed E-state index contributed by atoms with van der Waals surface area (Å²) in [5, 5.41) is 9.58. The van der Waals surface area contributed by atoms with E-state index >= 15 is 0 Å². The van der Waals surface area contributed by atoms with Crippen molar-refractivity contribution in [3.05, 3.63) is 23.8 Å². The van der Waals surface area contributed by atoms with Crippen LogP contribution in [0.5, 0.6) is 5.75 Å². The van der Waals surface area contributed by atoms with Crippen molar-refractivity contribution in [2.45, 2.75) is 10.9 Å². The van der Waals surface area contributed by atoms with Gasteiger partial charge in [-0.05, 0) is 6.07 Å². The third-order valence-electron chi connectivity index (χ3n) is 1.79. The maximum Gasteiger partial charge on any atom is 0.133 e. The highest BCUT2D eigenvalue weighted by molar-refractivity contribution is 7.80. The van der Waals surface area contributed by atoms with Crippen LogP contribution < -0.4 is 5.73 Å². The van der Waals surface area contributed by atoms with E-state index in [9.17, 15) is 5.11 Å². The zero-order chi connectivity index (χ0) is 9.84. The molecule has 1 aromatic carbocycles. The van der Waals surface area contributed by atoms with Gasteiger partial charge in [0.2, 0.25) is 0 Å². The van der Waals surface area contributed by atoms with Gasteiger partial charge in [0, 0.05) is 17.6 Å². The lowest BCUT2D eigenvalue weighted by molar-refractivity contribution is 0.179. The highest BCUT2D eigenvalue weighted by Crippen LogP contribution is 2.29. The third-order valence-corrected chi connectivity index (χ3v) is 2.15. The lowest BCUT2D eigenvalue weighted by Crippen LogP contribution is -2.16. The van der Waals surface area contributed by atoms with Gasteiger partial charge in [0.25, 0.3) is 0 Å². The molecule has 1 unspecified atom stereocenters. The van der Waals surface area contributed by atoms with Crippen LogP contribution in [0.2, 0.25) is 0 Å². The molecule has 3 N–H and O–H groups in total. The number of thiol groups is 1. The van der Waals surface area contributed by atoms with E-state index in [1.165, 1.54) is 0 Å². The van der Waals surface area contributed by atoms with E-state index in [2.05, 4.69) is 12.6 Å². The van der Waals surface area contributed by atoms with E-state index in [1.807, 2.05) is 0 Å². The molecule has 3 nitrogen and oxygen atoms in total. The number of nitrogens with two attached hydrogens (primary N) is 1. The summed E-state index contributed by atoms with van der Waals surface area (Å²) in [4.78, 5) is 0.532. The number of benzene rings is 1. The van der Waals surface area contributed by atoms with E-state index in [-0.39, 0.29) is 11.8 Å². The topological polar surface area (TPSA) is 55.5 Å². The second-order valence-corrected chi connectivity index (χ2v) is 3.26. The van der Waals surface area contributed by atoms with Gasteiger partial charge >= 0.3 is 0 Å². The first-order valence-electron chi connectivity index (χ1n) is 3.92. The van der Waals surface area contributed by atoms with Gasteiger partial charge in [0.1, 0.15) is 5.75 Å². The lowest BCUT2D eigenvalue weighted by Gasteiger charge is -2.13. The number of hydrogen-bond acceptors (Lipinski definition) is 4. The third kappa shape index (κ3) is 2.37. The molecule has 0 saturated carbocycles. The van der Waals surface area contributed by atoms with Crippen molar-refractivity contribution in [2.24, 2.45) is 5.73 Å². The molecule has 0 aliphatic heterocycles. The highest BCUT2D eigenvalue weighted by Gasteiger charge is 2.11. The summed E-state index contributed by atoms with van der Waals surface area (Å²) in [5.41, 5.74) is 6.42. The molecule has 0 amide bonds. The minimum atomic E-state index is -0.308. The van der Waals surface area contributed by atoms with Crippen molar-refractivity contribution in [3.8, 4) is 5.75 Å². The summed E-state index contributed by atoms with van der Waals surface area (Å²) in [5.74, 6) is 0.135. The molecule has 0 heterocycles. The Hall–Kier alpha value is -0.710. The molecule has 1 aromatic rings. The van der Waals surface area contributed by atoms with Gasteiger partial charge in [0.05, 0.1) is 12.6 Å². The summed E-state index contributed by atoms with van der Waals surface area (Å²) >= 11 is 4.08. The molecule has 0 spiro atoms. The van der Waals surface area contributed by atoms with Gasteiger partial charge in [-0.3, -0.25) is 0 Å². The monoisotopic (exact) mass is 199 g/mol. The van der Waals surface area contributed by atoms with Crippen molar-refractivity contribution in [2.75, 3.05) is 13.7 Å². The first-order valence-corrected chi connectivity index (χ1v) is 4.37. The van der Waals surface area contributed by atoms with Crippen LogP contribution in [-0.2, 0) is 4.74 Å². The molecule has 1 rings (SSSR count). The van der Waals surface area contributed by atoms with Gasteiger partial charge in [0.15, 0.2) is 0 Å². The highest BCUT2D eigenvalue weighted by atomic mass is 32.1. The molecule has 0 aliphatic rings. The Kier molecular flexibility index (Phi) is 3.59. The Morgan fingerprint density at radius 2 is 2.31 bits per heavy atom. The van der Waals surface area contributed by atoms with Crippen molar-refractivity contribution in [1.82, 2.24) is 0 Å². The van der Waals surface area contributed by atoms with E-state index in [0.717, 1.165) is 0 Å². The Labute approximate surface area is 82.9 Å². The quantitative estimate of drug-likeness (QED) is 0.644. The van der Waals surface area contributed by atoms with Gasteiger partial charge in [-0.2, -0.15) is 0 Å². The maximum atomic E-state index is 9.58. The Morgan fingerprint density at radius 1 is 1.62 bits per heavy atom. The molecule has 0 fully saturated rings. The Bertz CT molecular complexity index is 291. The Morgan fingerprint density at radius 3 is 2.92 bits per heavy atom. The minimum Gasteiger partial charge on any atom is -0.506 e. The van der Waals surface area contributed by atoms with E-state index in [1.54, 1.807) is 25.3 Å². The van der Waals surface area contributed by atoms with E-state index in [0.29, 0.717) is 17.1 Å². The van der Waals surface area contributed by atoms with Crippen LogP contribution >= 0.6 is 12.6 Å². The van der Waals surface area contributed by atoms with Crippen molar-refractivity contribution < 1.29 is 9.84 Å². The molecule has 72 valence electrons. The predicted molar refractivity (Wildman–Crippen MR) is 54.2 cm³/mol. The van der Waals surface area contributed by atoms with Crippen LogP contribution in [-0.4, -0.2) is 18.8 Å².